The summed E-state index contributed by atoms with van der Waals surface area (Å²) in [6.45, 7) is 2.37. The van der Waals surface area contributed by atoms with Crippen LogP contribution in [0.25, 0.3) is 0 Å². The monoisotopic (exact) mass is 245 g/mol. The minimum Gasteiger partial charge on any atom is -0.489 e. The Labute approximate surface area is 106 Å². The lowest BCUT2D eigenvalue weighted by Gasteiger charge is -2.09. The Balaban J connectivity index is 1.95. The molecule has 0 saturated carbocycles. The Morgan fingerprint density at radius 3 is 2.22 bits per heavy atom. The predicted octanol–water partition coefficient (Wildman–Crippen LogP) is 3.42. The molecule has 18 heavy (non-hydrogen) atoms. The van der Waals surface area contributed by atoms with Crippen molar-refractivity contribution in [2.75, 3.05) is 0 Å². The number of benzene rings is 2. The normalized spacial score (nSPS) is 12.2. The number of hydrogen-bond acceptors (Lipinski definition) is 2. The fourth-order valence-corrected chi connectivity index (χ4v) is 1.61. The first-order valence-electron chi connectivity index (χ1n) is 5.88. The standard InChI is InChI=1S/C15H16FNO/c1-11(17)13-4-8-15(9-5-13)18-10-12-2-6-14(16)7-3-12/h2-9,11H,10,17H2,1H3. The van der Waals surface area contributed by atoms with E-state index in [4.69, 9.17) is 10.5 Å². The lowest BCUT2D eigenvalue weighted by molar-refractivity contribution is 0.306. The summed E-state index contributed by atoms with van der Waals surface area (Å²) >= 11 is 0. The molecule has 2 nitrogen and oxygen atoms in total. The van der Waals surface area contributed by atoms with Gasteiger partial charge in [0.1, 0.15) is 18.2 Å². The van der Waals surface area contributed by atoms with E-state index in [1.165, 1.54) is 12.1 Å². The van der Waals surface area contributed by atoms with Crippen molar-refractivity contribution >= 4 is 0 Å². The van der Waals surface area contributed by atoms with Crippen molar-refractivity contribution in [3.63, 3.8) is 0 Å². The minimum atomic E-state index is -0.236. The molecule has 0 aliphatic carbocycles. The lowest BCUT2D eigenvalue weighted by Crippen LogP contribution is -2.04. The Kier molecular flexibility index (Phi) is 3.95. The second-order valence-corrected chi connectivity index (χ2v) is 4.27. The molecule has 2 aromatic carbocycles. The maximum Gasteiger partial charge on any atom is 0.123 e. The molecule has 0 saturated heterocycles. The molecule has 0 radical (unpaired) electrons. The number of ether oxygens (including phenoxy) is 1. The van der Waals surface area contributed by atoms with Crippen molar-refractivity contribution in [1.82, 2.24) is 0 Å². The average molecular weight is 245 g/mol. The van der Waals surface area contributed by atoms with Crippen LogP contribution in [0.1, 0.15) is 24.1 Å². The van der Waals surface area contributed by atoms with Crippen LogP contribution in [0.15, 0.2) is 48.5 Å². The van der Waals surface area contributed by atoms with Gasteiger partial charge in [-0.05, 0) is 42.3 Å². The summed E-state index contributed by atoms with van der Waals surface area (Å²) < 4.78 is 18.3. The summed E-state index contributed by atoms with van der Waals surface area (Å²) in [7, 11) is 0. The van der Waals surface area contributed by atoms with Crippen LogP contribution in [0.2, 0.25) is 0 Å². The van der Waals surface area contributed by atoms with Gasteiger partial charge in [0.05, 0.1) is 0 Å². The quantitative estimate of drug-likeness (QED) is 0.895. The van der Waals surface area contributed by atoms with Crippen LogP contribution in [0.4, 0.5) is 4.39 Å². The molecular formula is C15H16FNO. The first-order chi connectivity index (χ1) is 8.65. The summed E-state index contributed by atoms with van der Waals surface area (Å²) in [6, 6.07) is 14.0. The van der Waals surface area contributed by atoms with Crippen molar-refractivity contribution < 1.29 is 9.13 Å². The maximum atomic E-state index is 12.7. The van der Waals surface area contributed by atoms with E-state index < -0.39 is 0 Å². The van der Waals surface area contributed by atoms with Gasteiger partial charge in [-0.15, -0.1) is 0 Å². The van der Waals surface area contributed by atoms with Gasteiger partial charge in [-0.25, -0.2) is 4.39 Å². The fraction of sp³-hybridized carbons (Fsp3) is 0.200. The van der Waals surface area contributed by atoms with E-state index in [2.05, 4.69) is 0 Å². The molecule has 2 aromatic rings. The number of rotatable bonds is 4. The summed E-state index contributed by atoms with van der Waals surface area (Å²) in [4.78, 5) is 0. The molecule has 1 atom stereocenters. The van der Waals surface area contributed by atoms with Crippen LogP contribution in [-0.4, -0.2) is 0 Å². The molecule has 0 heterocycles. The molecule has 2 rings (SSSR count). The number of halogens is 1. The highest BCUT2D eigenvalue weighted by atomic mass is 19.1. The average Bonchev–Trinajstić information content (AvgIpc) is 2.38. The van der Waals surface area contributed by atoms with Gasteiger partial charge in [-0.2, -0.15) is 0 Å². The van der Waals surface area contributed by atoms with Crippen LogP contribution in [-0.2, 0) is 6.61 Å². The van der Waals surface area contributed by atoms with E-state index in [9.17, 15) is 4.39 Å². The molecule has 0 bridgehead atoms. The molecule has 0 fully saturated rings. The third-order valence-electron chi connectivity index (χ3n) is 2.72. The van der Waals surface area contributed by atoms with E-state index >= 15 is 0 Å². The highest BCUT2D eigenvalue weighted by Crippen LogP contribution is 2.17. The predicted molar refractivity (Wildman–Crippen MR) is 69.8 cm³/mol. The second-order valence-electron chi connectivity index (χ2n) is 4.27. The van der Waals surface area contributed by atoms with Crippen molar-refractivity contribution in [1.29, 1.82) is 0 Å². The lowest BCUT2D eigenvalue weighted by atomic mass is 10.1. The van der Waals surface area contributed by atoms with E-state index in [0.717, 1.165) is 16.9 Å². The zero-order valence-corrected chi connectivity index (χ0v) is 10.3. The highest BCUT2D eigenvalue weighted by Gasteiger charge is 2.00. The van der Waals surface area contributed by atoms with Crippen LogP contribution in [0, 0.1) is 5.82 Å². The summed E-state index contributed by atoms with van der Waals surface area (Å²) in [5.41, 5.74) is 7.78. The first kappa shape index (κ1) is 12.6. The highest BCUT2D eigenvalue weighted by molar-refractivity contribution is 5.29. The molecule has 3 heteroatoms. The molecule has 94 valence electrons. The Morgan fingerprint density at radius 1 is 1.06 bits per heavy atom. The largest absolute Gasteiger partial charge is 0.489 e. The van der Waals surface area contributed by atoms with Gasteiger partial charge in [0.2, 0.25) is 0 Å². The van der Waals surface area contributed by atoms with Crippen molar-refractivity contribution in [3.8, 4) is 5.75 Å². The van der Waals surface area contributed by atoms with Gasteiger partial charge in [0, 0.05) is 6.04 Å². The summed E-state index contributed by atoms with van der Waals surface area (Å²) in [5, 5.41) is 0. The summed E-state index contributed by atoms with van der Waals surface area (Å²) in [5.74, 6) is 0.545. The minimum absolute atomic E-state index is 0.0242. The molecule has 2 N–H and O–H groups in total. The molecule has 1 unspecified atom stereocenters. The van der Waals surface area contributed by atoms with E-state index in [0.29, 0.717) is 6.61 Å². The van der Waals surface area contributed by atoms with Crippen molar-refractivity contribution in [2.24, 2.45) is 5.73 Å². The second kappa shape index (κ2) is 5.65. The van der Waals surface area contributed by atoms with Gasteiger partial charge in [0.15, 0.2) is 0 Å². The topological polar surface area (TPSA) is 35.2 Å². The number of hydrogen-bond donors (Lipinski definition) is 1. The molecule has 0 spiro atoms. The number of nitrogens with two attached hydrogens (primary N) is 1. The smallest absolute Gasteiger partial charge is 0.123 e. The van der Waals surface area contributed by atoms with E-state index in [1.807, 2.05) is 31.2 Å². The van der Waals surface area contributed by atoms with Gasteiger partial charge >= 0.3 is 0 Å². The summed E-state index contributed by atoms with van der Waals surface area (Å²) in [6.07, 6.45) is 0. The molecular weight excluding hydrogens is 229 g/mol. The van der Waals surface area contributed by atoms with Crippen LogP contribution in [0.5, 0.6) is 5.75 Å². The Morgan fingerprint density at radius 2 is 1.67 bits per heavy atom. The maximum absolute atomic E-state index is 12.7. The van der Waals surface area contributed by atoms with Gasteiger partial charge in [-0.1, -0.05) is 24.3 Å². The zero-order valence-electron chi connectivity index (χ0n) is 10.3. The molecule has 0 aliphatic rings. The van der Waals surface area contributed by atoms with Gasteiger partial charge in [0.25, 0.3) is 0 Å². The SMILES string of the molecule is CC(N)c1ccc(OCc2ccc(F)cc2)cc1. The molecule has 0 amide bonds. The van der Waals surface area contributed by atoms with Crippen molar-refractivity contribution in [3.05, 3.63) is 65.5 Å². The van der Waals surface area contributed by atoms with E-state index in [1.54, 1.807) is 12.1 Å². The third-order valence-corrected chi connectivity index (χ3v) is 2.72. The van der Waals surface area contributed by atoms with Crippen LogP contribution >= 0.6 is 0 Å². The van der Waals surface area contributed by atoms with E-state index in [-0.39, 0.29) is 11.9 Å². The first-order valence-corrected chi connectivity index (χ1v) is 5.88. The Hall–Kier alpha value is -1.87. The molecule has 0 aliphatic heterocycles. The van der Waals surface area contributed by atoms with Crippen LogP contribution in [0.3, 0.4) is 0 Å². The molecule has 0 aromatic heterocycles. The van der Waals surface area contributed by atoms with Gasteiger partial charge < -0.3 is 10.5 Å². The van der Waals surface area contributed by atoms with Gasteiger partial charge in [-0.3, -0.25) is 0 Å². The Bertz CT molecular complexity index is 491. The third kappa shape index (κ3) is 3.31. The van der Waals surface area contributed by atoms with Crippen molar-refractivity contribution in [2.45, 2.75) is 19.6 Å². The zero-order chi connectivity index (χ0) is 13.0. The van der Waals surface area contributed by atoms with Crippen LogP contribution < -0.4 is 10.5 Å². The fourth-order valence-electron chi connectivity index (χ4n) is 1.61.